The molecular weight excluding hydrogens is 672 g/mol. The number of nitrogens with one attached hydrogen (secondary N) is 1. The molecule has 0 spiro atoms. The summed E-state index contributed by atoms with van der Waals surface area (Å²) < 4.78 is 41.6. The van der Waals surface area contributed by atoms with Crippen molar-refractivity contribution in [2.45, 2.75) is 40.3 Å². The van der Waals surface area contributed by atoms with Gasteiger partial charge in [0.1, 0.15) is 36.0 Å². The number of aliphatic hydroxyl groups is 1. The molecule has 264 valence electrons. The van der Waals surface area contributed by atoms with Gasteiger partial charge in [-0.15, -0.1) is 0 Å². The van der Waals surface area contributed by atoms with Gasteiger partial charge in [-0.05, 0) is 36.6 Å². The number of carbonyl (C=O) groups excluding carboxylic acids is 2. The second-order valence-corrected chi connectivity index (χ2v) is 13.5. The highest BCUT2D eigenvalue weighted by atomic mass is 35.5. The van der Waals surface area contributed by atoms with Crippen LogP contribution in [-0.4, -0.2) is 94.4 Å². The summed E-state index contributed by atoms with van der Waals surface area (Å²) in [6.45, 7) is 9.92. The summed E-state index contributed by atoms with van der Waals surface area (Å²) in [6.07, 6.45) is 1.21. The van der Waals surface area contributed by atoms with Crippen LogP contribution in [0.4, 0.5) is 14.5 Å². The van der Waals surface area contributed by atoms with Crippen molar-refractivity contribution in [2.75, 3.05) is 51.8 Å². The number of benzene rings is 2. The highest BCUT2D eigenvalue weighted by Crippen LogP contribution is 2.37. The minimum absolute atomic E-state index is 0.123. The van der Waals surface area contributed by atoms with Crippen LogP contribution in [0.2, 0.25) is 5.02 Å². The van der Waals surface area contributed by atoms with Gasteiger partial charge in [-0.1, -0.05) is 38.4 Å². The van der Waals surface area contributed by atoms with Crippen molar-refractivity contribution < 1.29 is 33.0 Å². The molecule has 3 aromatic rings. The topological polar surface area (TPSA) is 144 Å². The predicted octanol–water partition coefficient (Wildman–Crippen LogP) is 5.02. The smallest absolute Gasteiger partial charge is 0.277 e. The third kappa shape index (κ3) is 7.56. The van der Waals surface area contributed by atoms with Gasteiger partial charge in [0.2, 0.25) is 5.82 Å². The summed E-state index contributed by atoms with van der Waals surface area (Å²) in [5, 5.41) is 26.5. The minimum atomic E-state index is -1.20. The lowest BCUT2D eigenvalue weighted by Crippen LogP contribution is -2.59. The Morgan fingerprint density at radius 1 is 1.18 bits per heavy atom. The Balaban J connectivity index is 1.43. The zero-order valence-corrected chi connectivity index (χ0v) is 29.1. The van der Waals surface area contributed by atoms with E-state index in [2.05, 4.69) is 20.2 Å². The number of likely N-dealkylation sites (N-methyl/N-ethyl adjacent to an activating group) is 1. The van der Waals surface area contributed by atoms with Gasteiger partial charge < -0.3 is 19.9 Å². The van der Waals surface area contributed by atoms with E-state index in [9.17, 15) is 20.0 Å². The number of hydrogen-bond acceptors (Lipinski definition) is 10. The number of anilines is 1. The van der Waals surface area contributed by atoms with Crippen molar-refractivity contribution in [3.05, 3.63) is 81.5 Å². The number of halogens is 3. The van der Waals surface area contributed by atoms with Gasteiger partial charge in [0, 0.05) is 48.4 Å². The zero-order chi connectivity index (χ0) is 36.3. The van der Waals surface area contributed by atoms with E-state index >= 15 is 8.78 Å². The van der Waals surface area contributed by atoms with E-state index in [1.165, 1.54) is 48.7 Å². The number of carbonyl (C=O) groups is 2. The molecule has 5 rings (SSSR count). The van der Waals surface area contributed by atoms with Crippen LogP contribution in [0.5, 0.6) is 5.75 Å². The van der Waals surface area contributed by atoms with E-state index in [0.29, 0.717) is 41.6 Å². The summed E-state index contributed by atoms with van der Waals surface area (Å²) in [4.78, 5) is 38.3. The van der Waals surface area contributed by atoms with Gasteiger partial charge in [-0.25, -0.2) is 19.4 Å². The Bertz CT molecular complexity index is 1870. The first-order valence-electron chi connectivity index (χ1n) is 15.9. The SMILES string of the molecule is Cc1c(C#N)ncnc1-c1cc(Cl)ccc1NC(=O)C1=C(O)[C@H](C(C)(C)C)N(C)N(Cc2ccc(OCCN3CCOCC3)c(F)c2F)C1=O. The normalized spacial score (nSPS) is 17.5. The Labute approximate surface area is 293 Å². The van der Waals surface area contributed by atoms with E-state index in [-0.39, 0.29) is 29.3 Å². The molecule has 1 saturated heterocycles. The molecule has 15 heteroatoms. The largest absolute Gasteiger partial charge is 0.509 e. The molecule has 12 nitrogen and oxygen atoms in total. The molecule has 0 bridgehead atoms. The van der Waals surface area contributed by atoms with Crippen molar-refractivity contribution >= 4 is 29.1 Å². The van der Waals surface area contributed by atoms with Gasteiger partial charge in [0.25, 0.3) is 11.8 Å². The van der Waals surface area contributed by atoms with Gasteiger partial charge in [-0.2, -0.15) is 9.65 Å². The quantitative estimate of drug-likeness (QED) is 0.291. The van der Waals surface area contributed by atoms with E-state index in [1.54, 1.807) is 27.7 Å². The number of hydrogen-bond donors (Lipinski definition) is 2. The number of nitrogens with zero attached hydrogens (tertiary/aromatic N) is 6. The molecule has 2 aromatic carbocycles. The summed E-state index contributed by atoms with van der Waals surface area (Å²) in [6, 6.07) is 8.27. The number of morpholine rings is 1. The number of rotatable bonds is 9. The molecule has 0 unspecified atom stereocenters. The standard InChI is InChI=1S/C35H38ClF2N7O5/c1-20-25(17-39)40-19-41-30(20)23-16-22(36)7-8-24(23)42-33(47)27-31(46)32(35(2,3)4)43(5)45(34(27)48)18-21-6-9-26(29(38)28(21)37)50-15-12-44-10-13-49-14-11-44/h6-9,16,19,32,46H,10-15,18H2,1-5H3,(H,42,47)/t32-/m1/s1. The van der Waals surface area contributed by atoms with Gasteiger partial charge in [-0.3, -0.25) is 19.5 Å². The molecule has 50 heavy (non-hydrogen) atoms. The van der Waals surface area contributed by atoms with Crippen LogP contribution in [-0.2, 0) is 20.9 Å². The van der Waals surface area contributed by atoms with Crippen molar-refractivity contribution in [1.82, 2.24) is 24.9 Å². The fraction of sp³-hybridized carbons (Fsp3) is 0.400. The third-order valence-electron chi connectivity index (χ3n) is 8.66. The van der Waals surface area contributed by atoms with Crippen LogP contribution in [0.3, 0.4) is 0 Å². The first-order chi connectivity index (χ1) is 23.7. The number of ether oxygens (including phenoxy) is 2. The average Bonchev–Trinajstić information content (AvgIpc) is 3.06. The number of hydrazine groups is 1. The van der Waals surface area contributed by atoms with E-state index in [4.69, 9.17) is 21.1 Å². The monoisotopic (exact) mass is 709 g/mol. The Kier molecular flexibility index (Phi) is 11.0. The van der Waals surface area contributed by atoms with Crippen molar-refractivity contribution in [3.8, 4) is 23.1 Å². The van der Waals surface area contributed by atoms with Crippen LogP contribution in [0.15, 0.2) is 48.0 Å². The zero-order valence-electron chi connectivity index (χ0n) is 28.4. The van der Waals surface area contributed by atoms with Crippen LogP contribution in [0.1, 0.15) is 37.6 Å². The summed E-state index contributed by atoms with van der Waals surface area (Å²) in [5.74, 6) is -5.04. The molecule has 2 aliphatic rings. The predicted molar refractivity (Wildman–Crippen MR) is 181 cm³/mol. The van der Waals surface area contributed by atoms with Crippen molar-refractivity contribution in [1.29, 1.82) is 5.26 Å². The molecule has 1 atom stereocenters. The average molecular weight is 710 g/mol. The molecule has 2 aliphatic heterocycles. The summed E-state index contributed by atoms with van der Waals surface area (Å²) in [7, 11) is 1.53. The van der Waals surface area contributed by atoms with Gasteiger partial charge in [0.15, 0.2) is 11.6 Å². The highest BCUT2D eigenvalue weighted by molar-refractivity contribution is 6.31. The number of nitriles is 1. The van der Waals surface area contributed by atoms with Crippen molar-refractivity contribution in [3.63, 3.8) is 0 Å². The number of amides is 2. The van der Waals surface area contributed by atoms with Crippen LogP contribution < -0.4 is 10.1 Å². The Morgan fingerprint density at radius 2 is 1.90 bits per heavy atom. The van der Waals surface area contributed by atoms with E-state index < -0.39 is 52.8 Å². The maximum atomic E-state index is 15.5. The van der Waals surface area contributed by atoms with Crippen LogP contribution >= 0.6 is 11.6 Å². The fourth-order valence-electron chi connectivity index (χ4n) is 6.12. The molecule has 0 radical (unpaired) electrons. The van der Waals surface area contributed by atoms with E-state index in [0.717, 1.165) is 18.1 Å². The molecular formula is C35H38ClF2N7O5. The Hall–Kier alpha value is -4.68. The lowest BCUT2D eigenvalue weighted by atomic mass is 9.82. The van der Waals surface area contributed by atoms with E-state index in [1.807, 2.05) is 6.07 Å². The molecule has 0 saturated carbocycles. The third-order valence-corrected chi connectivity index (χ3v) is 8.89. The van der Waals surface area contributed by atoms with Crippen LogP contribution in [0.25, 0.3) is 11.3 Å². The lowest BCUT2D eigenvalue weighted by molar-refractivity contribution is -0.158. The number of aromatic nitrogens is 2. The second kappa shape index (κ2) is 15.1. The first kappa shape index (κ1) is 36.6. The number of aliphatic hydroxyl groups excluding tert-OH is 1. The summed E-state index contributed by atoms with van der Waals surface area (Å²) >= 11 is 6.29. The lowest BCUT2D eigenvalue weighted by Gasteiger charge is -2.46. The first-order valence-corrected chi connectivity index (χ1v) is 16.3. The molecule has 0 aliphatic carbocycles. The fourth-order valence-corrected chi connectivity index (χ4v) is 6.29. The molecule has 1 aromatic heterocycles. The molecule has 3 heterocycles. The summed E-state index contributed by atoms with van der Waals surface area (Å²) in [5.41, 5.74) is -0.0605. The van der Waals surface area contributed by atoms with Crippen LogP contribution in [0, 0.1) is 35.3 Å². The molecule has 2 amide bonds. The van der Waals surface area contributed by atoms with Gasteiger partial charge >= 0.3 is 0 Å². The second-order valence-electron chi connectivity index (χ2n) is 13.1. The highest BCUT2D eigenvalue weighted by Gasteiger charge is 2.46. The maximum Gasteiger partial charge on any atom is 0.277 e. The van der Waals surface area contributed by atoms with Crippen molar-refractivity contribution in [2.24, 2.45) is 5.41 Å². The molecule has 1 fully saturated rings. The molecule has 2 N–H and O–H groups in total. The maximum absolute atomic E-state index is 15.5. The minimum Gasteiger partial charge on any atom is -0.509 e. The Morgan fingerprint density at radius 3 is 2.58 bits per heavy atom. The van der Waals surface area contributed by atoms with Gasteiger partial charge in [0.05, 0.1) is 37.2 Å².